The SMILES string of the molecule is CCCOC(=O)c1c(NC(=O)[C@H]2[C@H]3CC[C@@H](C3)[C@H]2C(=O)O)sc(C)c1-c1ccc(OC)cc1. The van der Waals surface area contributed by atoms with E-state index in [1.807, 2.05) is 38.1 Å². The molecule has 0 unspecified atom stereocenters. The molecule has 4 rings (SSSR count). The fourth-order valence-corrected chi connectivity index (χ4v) is 6.49. The van der Waals surface area contributed by atoms with Crippen molar-refractivity contribution in [3.05, 3.63) is 34.7 Å². The average molecular weight is 472 g/mol. The number of esters is 1. The van der Waals surface area contributed by atoms with Crippen LogP contribution >= 0.6 is 11.3 Å². The van der Waals surface area contributed by atoms with Crippen molar-refractivity contribution in [3.8, 4) is 16.9 Å². The van der Waals surface area contributed by atoms with E-state index < -0.39 is 23.8 Å². The van der Waals surface area contributed by atoms with Crippen molar-refractivity contribution in [3.63, 3.8) is 0 Å². The molecule has 8 heteroatoms. The van der Waals surface area contributed by atoms with Crippen LogP contribution in [0.15, 0.2) is 24.3 Å². The summed E-state index contributed by atoms with van der Waals surface area (Å²) < 4.78 is 10.7. The van der Waals surface area contributed by atoms with Gasteiger partial charge < -0.3 is 19.9 Å². The molecular formula is C25H29NO6S. The summed E-state index contributed by atoms with van der Waals surface area (Å²) in [5.41, 5.74) is 1.85. The molecule has 176 valence electrons. The highest BCUT2D eigenvalue weighted by Crippen LogP contribution is 2.53. The number of rotatable bonds is 8. The van der Waals surface area contributed by atoms with Crippen molar-refractivity contribution in [2.24, 2.45) is 23.7 Å². The molecule has 2 aliphatic rings. The zero-order valence-corrected chi connectivity index (χ0v) is 19.9. The van der Waals surface area contributed by atoms with E-state index in [4.69, 9.17) is 9.47 Å². The summed E-state index contributed by atoms with van der Waals surface area (Å²) in [4.78, 5) is 39.1. The van der Waals surface area contributed by atoms with Crippen LogP contribution in [0.25, 0.3) is 11.1 Å². The minimum absolute atomic E-state index is 0.0529. The van der Waals surface area contributed by atoms with Crippen molar-refractivity contribution in [2.45, 2.75) is 39.5 Å². The van der Waals surface area contributed by atoms with E-state index >= 15 is 0 Å². The van der Waals surface area contributed by atoms with Gasteiger partial charge in [0, 0.05) is 10.4 Å². The summed E-state index contributed by atoms with van der Waals surface area (Å²) in [5.74, 6) is -2.14. The van der Waals surface area contributed by atoms with Crippen LogP contribution in [0, 0.1) is 30.6 Å². The van der Waals surface area contributed by atoms with Gasteiger partial charge in [-0.3, -0.25) is 9.59 Å². The number of hydrogen-bond acceptors (Lipinski definition) is 6. The molecule has 2 aliphatic carbocycles. The first-order chi connectivity index (χ1) is 15.8. The lowest BCUT2D eigenvalue weighted by Crippen LogP contribution is -2.38. The lowest BCUT2D eigenvalue weighted by Gasteiger charge is -2.27. The van der Waals surface area contributed by atoms with Crippen LogP contribution in [-0.2, 0) is 14.3 Å². The Morgan fingerprint density at radius 3 is 2.39 bits per heavy atom. The van der Waals surface area contributed by atoms with Crippen LogP contribution in [0.2, 0.25) is 0 Å². The first-order valence-corrected chi connectivity index (χ1v) is 12.2. The van der Waals surface area contributed by atoms with E-state index in [0.717, 1.165) is 29.7 Å². The molecule has 0 spiro atoms. The Balaban J connectivity index is 1.69. The Morgan fingerprint density at radius 1 is 1.12 bits per heavy atom. The van der Waals surface area contributed by atoms with Crippen molar-refractivity contribution in [1.82, 2.24) is 0 Å². The number of carboxylic acids is 1. The number of amides is 1. The number of hydrogen-bond donors (Lipinski definition) is 2. The van der Waals surface area contributed by atoms with Gasteiger partial charge in [-0.1, -0.05) is 19.1 Å². The zero-order valence-electron chi connectivity index (χ0n) is 19.1. The molecule has 2 bridgehead atoms. The average Bonchev–Trinajstić information content (AvgIpc) is 3.50. The molecule has 1 aromatic heterocycles. The summed E-state index contributed by atoms with van der Waals surface area (Å²) in [6.07, 6.45) is 3.19. The number of fused-ring (bicyclic) bond motifs is 2. The number of benzene rings is 1. The van der Waals surface area contributed by atoms with Crippen LogP contribution in [0.1, 0.15) is 47.8 Å². The Bertz CT molecular complexity index is 1060. The summed E-state index contributed by atoms with van der Waals surface area (Å²) in [5, 5.41) is 13.1. The van der Waals surface area contributed by atoms with Gasteiger partial charge in [0.2, 0.25) is 5.91 Å². The largest absolute Gasteiger partial charge is 0.497 e. The number of nitrogens with one attached hydrogen (secondary N) is 1. The second-order valence-electron chi connectivity index (χ2n) is 8.81. The topological polar surface area (TPSA) is 102 Å². The number of aliphatic carboxylic acids is 1. The molecule has 2 saturated carbocycles. The van der Waals surface area contributed by atoms with Gasteiger partial charge in [0.05, 0.1) is 25.6 Å². The Hall–Kier alpha value is -2.87. The standard InChI is InChI=1S/C25H29NO6S/c1-4-11-32-25(30)21-18(14-7-9-17(31-3)10-8-14)13(2)33-23(21)26-22(27)19-15-5-6-16(12-15)20(19)24(28)29/h7-10,15-16,19-20H,4-6,11-12H2,1-3H3,(H,26,27)(H,28,29)/t15-,16-,19-,20+/m0/s1. The lowest BCUT2D eigenvalue weighted by molar-refractivity contribution is -0.148. The molecule has 7 nitrogen and oxygen atoms in total. The van der Waals surface area contributed by atoms with Crippen LogP contribution in [-0.4, -0.2) is 36.7 Å². The van der Waals surface area contributed by atoms with Crippen molar-refractivity contribution >= 4 is 34.2 Å². The third-order valence-corrected chi connectivity index (χ3v) is 7.87. The third-order valence-electron chi connectivity index (χ3n) is 6.85. The normalized spacial score (nSPS) is 23.4. The summed E-state index contributed by atoms with van der Waals surface area (Å²) >= 11 is 1.31. The van der Waals surface area contributed by atoms with E-state index in [0.29, 0.717) is 28.3 Å². The monoisotopic (exact) mass is 471 g/mol. The maximum atomic E-state index is 13.3. The number of ether oxygens (including phenoxy) is 2. The van der Waals surface area contributed by atoms with E-state index in [-0.39, 0.29) is 24.3 Å². The number of carbonyl (C=O) groups is 3. The predicted molar refractivity (Wildman–Crippen MR) is 126 cm³/mol. The number of methoxy groups -OCH3 is 1. The van der Waals surface area contributed by atoms with Gasteiger partial charge in [0.25, 0.3) is 0 Å². The molecule has 1 heterocycles. The molecule has 2 fully saturated rings. The van der Waals surface area contributed by atoms with E-state index in [1.165, 1.54) is 11.3 Å². The third kappa shape index (κ3) is 4.36. The van der Waals surface area contributed by atoms with E-state index in [2.05, 4.69) is 5.32 Å². The number of anilines is 1. The quantitative estimate of drug-likeness (QED) is 0.526. The number of aryl methyl sites for hydroxylation is 1. The first kappa shape index (κ1) is 23.3. The number of carboxylic acid groups (broad SMARTS) is 1. The van der Waals surface area contributed by atoms with Crippen LogP contribution in [0.5, 0.6) is 5.75 Å². The van der Waals surface area contributed by atoms with Gasteiger partial charge in [0.15, 0.2) is 0 Å². The van der Waals surface area contributed by atoms with Gasteiger partial charge in [-0.15, -0.1) is 11.3 Å². The van der Waals surface area contributed by atoms with E-state index in [9.17, 15) is 19.5 Å². The molecule has 2 N–H and O–H groups in total. The number of carbonyl (C=O) groups excluding carboxylic acids is 2. The molecule has 4 atom stereocenters. The summed E-state index contributed by atoms with van der Waals surface area (Å²) in [6, 6.07) is 7.37. The fraction of sp³-hybridized carbons (Fsp3) is 0.480. The zero-order chi connectivity index (χ0) is 23.7. The highest BCUT2D eigenvalue weighted by atomic mass is 32.1. The molecule has 0 radical (unpaired) electrons. The van der Waals surface area contributed by atoms with Crippen molar-refractivity contribution in [2.75, 3.05) is 19.0 Å². The molecule has 0 saturated heterocycles. The molecule has 33 heavy (non-hydrogen) atoms. The van der Waals surface area contributed by atoms with Gasteiger partial charge in [-0.05, 0) is 62.1 Å². The fourth-order valence-electron chi connectivity index (χ4n) is 5.42. The van der Waals surface area contributed by atoms with Gasteiger partial charge >= 0.3 is 11.9 Å². The minimum atomic E-state index is -0.911. The lowest BCUT2D eigenvalue weighted by atomic mass is 9.78. The van der Waals surface area contributed by atoms with Crippen LogP contribution < -0.4 is 10.1 Å². The highest BCUT2D eigenvalue weighted by Gasteiger charge is 2.54. The van der Waals surface area contributed by atoms with Gasteiger partial charge in [-0.25, -0.2) is 4.79 Å². The minimum Gasteiger partial charge on any atom is -0.497 e. The van der Waals surface area contributed by atoms with Gasteiger partial charge in [-0.2, -0.15) is 0 Å². The molecule has 0 aliphatic heterocycles. The Morgan fingerprint density at radius 2 is 1.79 bits per heavy atom. The Labute approximate surface area is 197 Å². The maximum Gasteiger partial charge on any atom is 0.341 e. The van der Waals surface area contributed by atoms with Crippen molar-refractivity contribution < 1.29 is 29.0 Å². The summed E-state index contributed by atoms with van der Waals surface area (Å²) in [6.45, 7) is 4.09. The van der Waals surface area contributed by atoms with E-state index in [1.54, 1.807) is 7.11 Å². The predicted octanol–water partition coefficient (Wildman–Crippen LogP) is 4.98. The smallest absolute Gasteiger partial charge is 0.341 e. The maximum absolute atomic E-state index is 13.3. The van der Waals surface area contributed by atoms with Crippen molar-refractivity contribution in [1.29, 1.82) is 0 Å². The Kier molecular flexibility index (Phi) is 6.74. The molecule has 1 aromatic carbocycles. The second-order valence-corrected chi connectivity index (χ2v) is 10.0. The van der Waals surface area contributed by atoms with Crippen LogP contribution in [0.4, 0.5) is 5.00 Å². The molecule has 1 amide bonds. The summed E-state index contributed by atoms with van der Waals surface area (Å²) in [7, 11) is 1.59. The molecule has 2 aromatic rings. The number of thiophene rings is 1. The first-order valence-electron chi connectivity index (χ1n) is 11.3. The van der Waals surface area contributed by atoms with Crippen LogP contribution in [0.3, 0.4) is 0 Å². The van der Waals surface area contributed by atoms with Gasteiger partial charge in [0.1, 0.15) is 16.3 Å². The second kappa shape index (κ2) is 9.55. The molecular weight excluding hydrogens is 442 g/mol. The highest BCUT2D eigenvalue weighted by molar-refractivity contribution is 7.17.